The van der Waals surface area contributed by atoms with E-state index in [0.717, 1.165) is 0 Å². The van der Waals surface area contributed by atoms with Crippen molar-refractivity contribution in [2.24, 2.45) is 11.8 Å². The van der Waals surface area contributed by atoms with Crippen LogP contribution in [-0.4, -0.2) is 33.7 Å². The SMILES string of the molecule is O=C(O)C1CCC(C(=O)O)CC1.O=CO. The molecule has 0 heterocycles. The molecule has 0 aromatic heterocycles. The van der Waals surface area contributed by atoms with Crippen LogP contribution in [0.25, 0.3) is 0 Å². The fourth-order valence-corrected chi connectivity index (χ4v) is 1.59. The van der Waals surface area contributed by atoms with E-state index in [0.29, 0.717) is 25.7 Å². The van der Waals surface area contributed by atoms with Gasteiger partial charge in [-0.15, -0.1) is 0 Å². The minimum absolute atomic E-state index is 0.250. The first-order valence-electron chi connectivity index (χ1n) is 4.56. The summed E-state index contributed by atoms with van der Waals surface area (Å²) in [5, 5.41) is 24.1. The molecule has 6 heteroatoms. The van der Waals surface area contributed by atoms with Crippen molar-refractivity contribution in [1.82, 2.24) is 0 Å². The zero-order chi connectivity index (χ0) is 11.8. The van der Waals surface area contributed by atoms with E-state index in [1.54, 1.807) is 0 Å². The van der Waals surface area contributed by atoms with Crippen LogP contribution in [0.15, 0.2) is 0 Å². The topological polar surface area (TPSA) is 112 Å². The highest BCUT2D eigenvalue weighted by molar-refractivity contribution is 5.72. The van der Waals surface area contributed by atoms with Gasteiger partial charge in [0, 0.05) is 0 Å². The molecular formula is C9H14O6. The first kappa shape index (κ1) is 13.4. The van der Waals surface area contributed by atoms with Crippen molar-refractivity contribution < 1.29 is 29.7 Å². The molecule has 3 N–H and O–H groups in total. The van der Waals surface area contributed by atoms with Gasteiger partial charge < -0.3 is 15.3 Å². The van der Waals surface area contributed by atoms with Crippen LogP contribution in [0.3, 0.4) is 0 Å². The Bertz CT molecular complexity index is 207. The monoisotopic (exact) mass is 218 g/mol. The third kappa shape index (κ3) is 4.99. The Labute approximate surface area is 86.5 Å². The van der Waals surface area contributed by atoms with Crippen LogP contribution in [0.1, 0.15) is 25.7 Å². The quantitative estimate of drug-likeness (QED) is 0.587. The summed E-state index contributed by atoms with van der Waals surface area (Å²) < 4.78 is 0. The number of aliphatic carboxylic acids is 2. The maximum absolute atomic E-state index is 10.5. The molecule has 1 saturated carbocycles. The fraction of sp³-hybridized carbons (Fsp3) is 0.667. The van der Waals surface area contributed by atoms with Gasteiger partial charge in [-0.1, -0.05) is 0 Å². The zero-order valence-electron chi connectivity index (χ0n) is 8.13. The first-order valence-corrected chi connectivity index (χ1v) is 4.56. The predicted molar refractivity (Wildman–Crippen MR) is 49.4 cm³/mol. The lowest BCUT2D eigenvalue weighted by molar-refractivity contribution is -0.148. The maximum atomic E-state index is 10.5. The zero-order valence-corrected chi connectivity index (χ0v) is 8.13. The number of hydrogen-bond acceptors (Lipinski definition) is 3. The summed E-state index contributed by atoms with van der Waals surface area (Å²) in [6, 6.07) is 0. The minimum atomic E-state index is -0.793. The Morgan fingerprint density at radius 2 is 1.13 bits per heavy atom. The largest absolute Gasteiger partial charge is 0.483 e. The summed E-state index contributed by atoms with van der Waals surface area (Å²) in [5.41, 5.74) is 0. The normalized spacial score (nSPS) is 24.5. The molecule has 0 amide bonds. The van der Waals surface area contributed by atoms with Crippen molar-refractivity contribution in [1.29, 1.82) is 0 Å². The van der Waals surface area contributed by atoms with Crippen molar-refractivity contribution in [3.05, 3.63) is 0 Å². The average molecular weight is 218 g/mol. The van der Waals surface area contributed by atoms with Crippen molar-refractivity contribution in [3.63, 3.8) is 0 Å². The van der Waals surface area contributed by atoms with Crippen LogP contribution in [0, 0.1) is 11.8 Å². The fourth-order valence-electron chi connectivity index (χ4n) is 1.59. The molecule has 0 radical (unpaired) electrons. The van der Waals surface area contributed by atoms with Crippen LogP contribution < -0.4 is 0 Å². The molecule has 0 spiro atoms. The lowest BCUT2D eigenvalue weighted by Crippen LogP contribution is -2.25. The number of hydrogen-bond donors (Lipinski definition) is 3. The Kier molecular flexibility index (Phi) is 6.08. The van der Waals surface area contributed by atoms with Crippen LogP contribution in [0.5, 0.6) is 0 Å². The average Bonchev–Trinajstić information content (AvgIpc) is 2.19. The maximum Gasteiger partial charge on any atom is 0.306 e. The Morgan fingerprint density at radius 1 is 0.933 bits per heavy atom. The van der Waals surface area contributed by atoms with E-state index in [2.05, 4.69) is 0 Å². The van der Waals surface area contributed by atoms with Crippen molar-refractivity contribution in [2.45, 2.75) is 25.7 Å². The van der Waals surface area contributed by atoms with Gasteiger partial charge in [-0.25, -0.2) is 0 Å². The second-order valence-corrected chi connectivity index (χ2v) is 3.33. The highest BCUT2D eigenvalue weighted by Crippen LogP contribution is 2.28. The smallest absolute Gasteiger partial charge is 0.306 e. The van der Waals surface area contributed by atoms with E-state index >= 15 is 0 Å². The lowest BCUT2D eigenvalue weighted by Gasteiger charge is -2.22. The molecule has 0 atom stereocenters. The predicted octanol–water partition coefficient (Wildman–Crippen LogP) is 0.663. The van der Waals surface area contributed by atoms with Crippen molar-refractivity contribution in [3.8, 4) is 0 Å². The van der Waals surface area contributed by atoms with E-state index in [-0.39, 0.29) is 18.3 Å². The summed E-state index contributed by atoms with van der Waals surface area (Å²) in [5.74, 6) is -2.22. The summed E-state index contributed by atoms with van der Waals surface area (Å²) in [4.78, 5) is 29.3. The van der Waals surface area contributed by atoms with Crippen LogP contribution in [-0.2, 0) is 14.4 Å². The first-order chi connectivity index (χ1) is 7.02. The highest BCUT2D eigenvalue weighted by atomic mass is 16.4. The van der Waals surface area contributed by atoms with Gasteiger partial charge in [-0.2, -0.15) is 0 Å². The van der Waals surface area contributed by atoms with E-state index in [4.69, 9.17) is 20.1 Å². The van der Waals surface area contributed by atoms with E-state index in [9.17, 15) is 9.59 Å². The van der Waals surface area contributed by atoms with E-state index in [1.165, 1.54) is 0 Å². The van der Waals surface area contributed by atoms with Gasteiger partial charge in [0.2, 0.25) is 0 Å². The van der Waals surface area contributed by atoms with Crippen molar-refractivity contribution >= 4 is 18.4 Å². The summed E-state index contributed by atoms with van der Waals surface area (Å²) in [7, 11) is 0. The number of carboxylic acid groups (broad SMARTS) is 3. The number of carboxylic acids is 2. The third-order valence-corrected chi connectivity index (χ3v) is 2.43. The minimum Gasteiger partial charge on any atom is -0.483 e. The highest BCUT2D eigenvalue weighted by Gasteiger charge is 2.29. The van der Waals surface area contributed by atoms with Gasteiger partial charge in [0.1, 0.15) is 0 Å². The molecule has 1 aliphatic rings. The van der Waals surface area contributed by atoms with E-state index in [1.807, 2.05) is 0 Å². The molecule has 1 aliphatic carbocycles. The molecule has 6 nitrogen and oxygen atoms in total. The van der Waals surface area contributed by atoms with Gasteiger partial charge in [-0.3, -0.25) is 14.4 Å². The Morgan fingerprint density at radius 3 is 1.27 bits per heavy atom. The van der Waals surface area contributed by atoms with Gasteiger partial charge in [0.15, 0.2) is 0 Å². The lowest BCUT2D eigenvalue weighted by atomic mass is 9.82. The summed E-state index contributed by atoms with van der Waals surface area (Å²) in [6.07, 6.45) is 2.03. The summed E-state index contributed by atoms with van der Waals surface area (Å²) >= 11 is 0. The molecule has 0 unspecified atom stereocenters. The summed E-state index contributed by atoms with van der Waals surface area (Å²) in [6.45, 7) is -0.250. The molecule has 0 aromatic carbocycles. The van der Waals surface area contributed by atoms with Gasteiger partial charge >= 0.3 is 11.9 Å². The molecule has 0 aromatic rings. The second kappa shape index (κ2) is 6.80. The number of carbonyl (C=O) groups is 3. The molecule has 1 fully saturated rings. The van der Waals surface area contributed by atoms with Crippen LogP contribution in [0.4, 0.5) is 0 Å². The molecular weight excluding hydrogens is 204 g/mol. The second-order valence-electron chi connectivity index (χ2n) is 3.33. The number of rotatable bonds is 2. The standard InChI is InChI=1S/C8H12O4.CH2O2/c9-7(10)5-1-2-6(4-3-5)8(11)12;2-1-3/h5-6H,1-4H2,(H,9,10)(H,11,12);1H,(H,2,3). The van der Waals surface area contributed by atoms with Crippen LogP contribution >= 0.6 is 0 Å². The third-order valence-electron chi connectivity index (χ3n) is 2.43. The van der Waals surface area contributed by atoms with Gasteiger partial charge in [-0.05, 0) is 25.7 Å². The van der Waals surface area contributed by atoms with Crippen molar-refractivity contribution in [2.75, 3.05) is 0 Å². The molecule has 0 saturated heterocycles. The molecule has 15 heavy (non-hydrogen) atoms. The Balaban J connectivity index is 0.000000583. The molecule has 86 valence electrons. The molecule has 1 rings (SSSR count). The Hall–Kier alpha value is -1.59. The molecule has 0 aliphatic heterocycles. The molecule has 0 bridgehead atoms. The van der Waals surface area contributed by atoms with E-state index < -0.39 is 11.9 Å². The van der Waals surface area contributed by atoms with Gasteiger partial charge in [0.05, 0.1) is 11.8 Å². The van der Waals surface area contributed by atoms with Gasteiger partial charge in [0.25, 0.3) is 6.47 Å². The van der Waals surface area contributed by atoms with Crippen LogP contribution in [0.2, 0.25) is 0 Å².